The van der Waals surface area contributed by atoms with Gasteiger partial charge in [0.15, 0.2) is 0 Å². The number of nitrogens with one attached hydrogen (secondary N) is 4. The van der Waals surface area contributed by atoms with Crippen LogP contribution < -0.4 is 25.6 Å². The first-order valence-corrected chi connectivity index (χ1v) is 41.6. The Morgan fingerprint density at radius 1 is 0.804 bits per heavy atom. The molecule has 4 N–H and O–H groups in total. The number of hydrogen-bond donors (Lipinski definition) is 4. The number of rotatable bonds is 31. The molecule has 30 heteroatoms. The van der Waals surface area contributed by atoms with E-state index in [-0.39, 0.29) is 65.0 Å². The number of carbonyl (C=O) groups excluding carboxylic acids is 5. The molecule has 2 bridgehead atoms. The minimum absolute atomic E-state index is 0.0297. The van der Waals surface area contributed by atoms with Crippen LogP contribution in [0.1, 0.15) is 143 Å². The molecule has 21 nitrogen and oxygen atoms in total. The molecule has 6 aromatic rings. The Kier molecular flexibility index (Phi) is 24.5. The van der Waals surface area contributed by atoms with Gasteiger partial charge in [-0.25, -0.2) is 35.3 Å². The Labute approximate surface area is 630 Å². The summed E-state index contributed by atoms with van der Waals surface area (Å²) in [5.74, 6) is -1.34. The van der Waals surface area contributed by atoms with Crippen LogP contribution in [0.15, 0.2) is 139 Å². The summed E-state index contributed by atoms with van der Waals surface area (Å²) in [5.41, 5.74) is 1.44. The number of aryl methyl sites for hydroxylation is 2. The number of benzene rings is 4. The summed E-state index contributed by atoms with van der Waals surface area (Å²) < 4.78 is 133. The number of piperazine rings is 2. The van der Waals surface area contributed by atoms with Gasteiger partial charge in [0.25, 0.3) is 25.8 Å². The van der Waals surface area contributed by atoms with Crippen LogP contribution in [0.4, 0.5) is 33.3 Å². The number of likely N-dealkylation sites (tertiary alicyclic amines) is 1. The fourth-order valence-corrected chi connectivity index (χ4v) is 19.9. The summed E-state index contributed by atoms with van der Waals surface area (Å²) in [7, 11) is -11.2. The standard InChI is InChI=1S/C77H94F5N11O10S4/c1-51-40-59(103-87-51)41-69(96)93-30-11-14-65(93)72(98)86-64(53-16-18-54(19-17-53)70-52(2)84-50-105-70)43-67(94)83-29-10-6-9-15-68(95)92-38-32-89(33-39-92)31-27-57(46-104-60-12-7-5-8-13-60)85-63-25-24-61(42-66(63)106(99,100)77(80,81)82)107(101,102)88-71(97)55-20-22-58(23-21-55)91-36-34-90(35-37-91)45-56-26-28-74(3,4)44-62(56)75-47-76(48-75,49-75)73(78)79/h5,7-8,12-13,16-25,40,42,50,57,64-65,73,85H,6,9-11,14-15,26-39,41,43-49H2,1-4H3,(H,83,94)(H,86,98)(H,88,97)/t57-,64+,65+,75?,76?/m1/s1. The number of thioether (sulfide) groups is 1. The van der Waals surface area contributed by atoms with Crippen LogP contribution in [0.25, 0.3) is 10.4 Å². The van der Waals surface area contributed by atoms with Crippen LogP contribution in [-0.2, 0) is 45.5 Å². The third-order valence-electron chi connectivity index (χ3n) is 22.1. The molecule has 3 saturated heterocycles. The monoisotopic (exact) mass is 1560 g/mol. The second-order valence-corrected chi connectivity index (χ2v) is 35.9. The number of alkyl halides is 5. The maximum Gasteiger partial charge on any atom is 0.501 e. The van der Waals surface area contributed by atoms with E-state index in [1.54, 1.807) is 40.4 Å². The van der Waals surface area contributed by atoms with Gasteiger partial charge in [0.1, 0.15) is 16.7 Å². The van der Waals surface area contributed by atoms with E-state index in [9.17, 15) is 62.8 Å². The molecular formula is C77H94F5N11O10S4. The lowest BCUT2D eigenvalue weighted by Gasteiger charge is -2.72. The van der Waals surface area contributed by atoms with Gasteiger partial charge < -0.3 is 35.2 Å². The van der Waals surface area contributed by atoms with E-state index in [1.807, 2.05) is 66.2 Å². The average molecular weight is 1560 g/mol. The van der Waals surface area contributed by atoms with Crippen molar-refractivity contribution >= 4 is 83.9 Å². The van der Waals surface area contributed by atoms with Crippen molar-refractivity contribution in [3.63, 3.8) is 0 Å². The number of sulfone groups is 1. The van der Waals surface area contributed by atoms with Gasteiger partial charge in [-0.3, -0.25) is 33.8 Å². The summed E-state index contributed by atoms with van der Waals surface area (Å²) in [6, 6.07) is 25.0. The molecule has 7 aliphatic rings. The van der Waals surface area contributed by atoms with Crippen molar-refractivity contribution in [3.05, 3.63) is 148 Å². The highest BCUT2D eigenvalue weighted by Crippen LogP contribution is 2.79. The van der Waals surface area contributed by atoms with Crippen LogP contribution in [0.5, 0.6) is 0 Å². The Morgan fingerprint density at radius 2 is 1.51 bits per heavy atom. The van der Waals surface area contributed by atoms with Crippen molar-refractivity contribution in [1.29, 1.82) is 0 Å². The predicted molar refractivity (Wildman–Crippen MR) is 400 cm³/mol. The molecule has 0 radical (unpaired) electrons. The predicted octanol–water partition coefficient (Wildman–Crippen LogP) is 12.2. The van der Waals surface area contributed by atoms with Gasteiger partial charge in [0.2, 0.25) is 30.1 Å². The van der Waals surface area contributed by atoms with Crippen LogP contribution >= 0.6 is 23.1 Å². The number of sulfonamides is 1. The van der Waals surface area contributed by atoms with Gasteiger partial charge in [-0.2, -0.15) is 13.2 Å². The van der Waals surface area contributed by atoms with E-state index in [2.05, 4.69) is 54.6 Å². The third-order valence-corrected chi connectivity index (χ3v) is 27.1. The number of halogens is 5. The number of unbranched alkanes of at least 4 members (excludes halogenated alkanes) is 2. The number of allylic oxidation sites excluding steroid dienone is 1. The number of thiazole rings is 1. The van der Waals surface area contributed by atoms with Crippen LogP contribution in [0, 0.1) is 30.1 Å². The van der Waals surface area contributed by atoms with Gasteiger partial charge in [-0.15, -0.1) is 23.1 Å². The van der Waals surface area contributed by atoms with Crippen LogP contribution in [0.3, 0.4) is 0 Å². The van der Waals surface area contributed by atoms with Crippen molar-refractivity contribution in [1.82, 2.24) is 45.1 Å². The summed E-state index contributed by atoms with van der Waals surface area (Å²) >= 11 is 2.91. The topological polar surface area (TPSA) is 257 Å². The average Bonchev–Trinajstić information content (AvgIpc) is 0.667. The summed E-state index contributed by atoms with van der Waals surface area (Å²) in [5, 5.41) is 13.0. The lowest BCUT2D eigenvalue weighted by Crippen LogP contribution is -2.66. The summed E-state index contributed by atoms with van der Waals surface area (Å²) in [6.07, 6.45) is 5.82. The fourth-order valence-electron chi connectivity index (χ4n) is 16.1. The number of amides is 5. The first kappa shape index (κ1) is 78.8. The number of carbonyl (C=O) groups is 5. The second kappa shape index (κ2) is 33.2. The smallest absolute Gasteiger partial charge is 0.380 e. The molecule has 4 aliphatic carbocycles. The molecule has 2 aromatic heterocycles. The molecule has 3 saturated carbocycles. The van der Waals surface area contributed by atoms with Gasteiger partial charge >= 0.3 is 5.51 Å². The Bertz CT molecular complexity index is 4430. The lowest BCUT2D eigenvalue weighted by atomic mass is 9.32. The van der Waals surface area contributed by atoms with Crippen molar-refractivity contribution in [2.45, 2.75) is 169 Å². The van der Waals surface area contributed by atoms with Crippen molar-refractivity contribution in [2.75, 3.05) is 94.5 Å². The number of nitrogens with zero attached hydrogens (tertiary/aromatic N) is 7. The molecule has 0 spiro atoms. The molecule has 3 atom stereocenters. The third kappa shape index (κ3) is 18.8. The zero-order valence-corrected chi connectivity index (χ0v) is 64.0. The SMILES string of the molecule is Cc1cc(CC(=O)N2CCC[C@H]2C(=O)N[C@@H](CC(=O)NCCCCCC(=O)N2CCN(CC[C@H](CSc3ccccc3)Nc3ccc(S(=O)(=O)NC(=O)c4ccc(N5CCN(CC6=C(C78CC(C(F)F)(C7)C8)CC(C)(C)CC6)CC5)cc4)cc3S(=O)(=O)C(F)(F)F)CC2)c2ccc(-c3scnc3C)cc2)on1. The molecule has 0 unspecified atom stereocenters. The second-order valence-electron chi connectivity index (χ2n) is 30.4. The van der Waals surface area contributed by atoms with Crippen LogP contribution in [-0.4, -0.2) is 184 Å². The molecular weight excluding hydrogens is 1460 g/mol. The van der Waals surface area contributed by atoms with E-state index in [4.69, 9.17) is 4.52 Å². The Balaban J connectivity index is 0.607. The zero-order chi connectivity index (χ0) is 76.1. The molecule has 5 amide bonds. The van der Waals surface area contributed by atoms with Crippen molar-refractivity contribution < 1.29 is 67.3 Å². The van der Waals surface area contributed by atoms with Gasteiger partial charge in [0.05, 0.1) is 51.2 Å². The molecule has 6 fully saturated rings. The Hall–Kier alpha value is -7.77. The highest BCUT2D eigenvalue weighted by molar-refractivity contribution is 7.99. The van der Waals surface area contributed by atoms with E-state index < -0.39 is 76.7 Å². The van der Waals surface area contributed by atoms with E-state index in [1.165, 1.54) is 46.4 Å². The van der Waals surface area contributed by atoms with Gasteiger partial charge in [-0.1, -0.05) is 79.0 Å². The first-order chi connectivity index (χ1) is 51.0. The highest BCUT2D eigenvalue weighted by Gasteiger charge is 2.73. The number of anilines is 2. The summed E-state index contributed by atoms with van der Waals surface area (Å²) in [6.45, 7) is 14.8. The molecule has 13 rings (SSSR count). The molecule has 3 aliphatic heterocycles. The molecule has 107 heavy (non-hydrogen) atoms. The highest BCUT2D eigenvalue weighted by atomic mass is 32.2. The maximum absolute atomic E-state index is 14.6. The number of aromatic nitrogens is 2. The van der Waals surface area contributed by atoms with E-state index in [0.29, 0.717) is 134 Å². The normalized spacial score (nSPS) is 21.2. The van der Waals surface area contributed by atoms with Gasteiger partial charge in [0, 0.05) is 124 Å². The van der Waals surface area contributed by atoms with E-state index in [0.717, 1.165) is 83.3 Å². The van der Waals surface area contributed by atoms with Gasteiger partial charge in [-0.05, 0) is 161 Å². The molecule has 576 valence electrons. The summed E-state index contributed by atoms with van der Waals surface area (Å²) in [4.78, 5) is 82.2. The fraction of sp³-hybridized carbons (Fsp3) is 0.519. The quantitative estimate of drug-likeness (QED) is 0.0136. The minimum Gasteiger partial charge on any atom is -0.380 e. The maximum atomic E-state index is 14.6. The largest absolute Gasteiger partial charge is 0.501 e. The Morgan fingerprint density at radius 3 is 2.18 bits per heavy atom. The van der Waals surface area contributed by atoms with E-state index >= 15 is 0 Å². The molecule has 4 aromatic carbocycles. The van der Waals surface area contributed by atoms with Crippen LogP contribution in [0.2, 0.25) is 0 Å². The minimum atomic E-state index is -6.19. The number of hydrogen-bond acceptors (Lipinski definition) is 18. The first-order valence-electron chi connectivity index (χ1n) is 36.8. The molecule has 5 heterocycles. The lowest BCUT2D eigenvalue weighted by molar-refractivity contribution is -0.250. The van der Waals surface area contributed by atoms with Crippen molar-refractivity contribution in [2.24, 2.45) is 16.2 Å². The van der Waals surface area contributed by atoms with Crippen molar-refractivity contribution in [3.8, 4) is 10.4 Å². The zero-order valence-electron chi connectivity index (χ0n) is 60.7.